The zero-order valence-electron chi connectivity index (χ0n) is 14.7. The van der Waals surface area contributed by atoms with Gasteiger partial charge in [0.25, 0.3) is 5.56 Å². The molecule has 0 fully saturated rings. The maximum Gasteiger partial charge on any atom is 0.346 e. The van der Waals surface area contributed by atoms with Gasteiger partial charge in [0.2, 0.25) is 0 Å². The molecule has 140 valence electrons. The van der Waals surface area contributed by atoms with E-state index >= 15 is 0 Å². The predicted octanol–water partition coefficient (Wildman–Crippen LogP) is 0.337. The molecule has 0 aliphatic heterocycles. The summed E-state index contributed by atoms with van der Waals surface area (Å²) >= 11 is 0. The molecule has 0 spiro atoms. The monoisotopic (exact) mass is 382 g/mol. The minimum absolute atomic E-state index is 0.0405. The second kappa shape index (κ2) is 7.16. The first kappa shape index (κ1) is 19.4. The zero-order chi connectivity index (χ0) is 19.6. The summed E-state index contributed by atoms with van der Waals surface area (Å²) in [6.45, 7) is 3.21. The molecule has 0 atom stereocenters. The van der Waals surface area contributed by atoms with Gasteiger partial charge < -0.3 is 8.92 Å². The Kier molecular flexibility index (Phi) is 5.36. The molecule has 1 aromatic carbocycles. The molecule has 0 bridgehead atoms. The van der Waals surface area contributed by atoms with Crippen molar-refractivity contribution < 1.29 is 22.1 Å². The number of ether oxygens (including phenoxy) is 1. The number of nitrogens with zero attached hydrogens (tertiary/aromatic N) is 2. The lowest BCUT2D eigenvalue weighted by atomic mass is 10.2. The molecule has 1 aromatic heterocycles. The van der Waals surface area contributed by atoms with Crippen LogP contribution in [0.25, 0.3) is 0 Å². The van der Waals surface area contributed by atoms with Gasteiger partial charge in [-0.25, -0.2) is 9.59 Å². The molecular weight excluding hydrogens is 364 g/mol. The van der Waals surface area contributed by atoms with Crippen molar-refractivity contribution in [2.75, 3.05) is 6.61 Å². The highest BCUT2D eigenvalue weighted by Crippen LogP contribution is 2.19. The van der Waals surface area contributed by atoms with E-state index in [4.69, 9.17) is 8.92 Å². The van der Waals surface area contributed by atoms with Gasteiger partial charge in [-0.05, 0) is 38.1 Å². The number of carbonyl (C=O) groups excluding carboxylic acids is 1. The molecule has 2 rings (SSSR count). The van der Waals surface area contributed by atoms with Gasteiger partial charge in [0.1, 0.15) is 5.75 Å². The number of hydrogen-bond acceptors (Lipinski definition) is 7. The Labute approximate surface area is 149 Å². The molecule has 0 aliphatic rings. The Morgan fingerprint density at radius 2 is 1.65 bits per heavy atom. The molecule has 0 N–H and O–H groups in total. The molecule has 0 saturated carbocycles. The summed E-state index contributed by atoms with van der Waals surface area (Å²) in [4.78, 5) is 35.1. The summed E-state index contributed by atoms with van der Waals surface area (Å²) < 4.78 is 36.6. The van der Waals surface area contributed by atoms with Crippen LogP contribution in [0.3, 0.4) is 0 Å². The maximum atomic E-state index is 12.5. The summed E-state index contributed by atoms with van der Waals surface area (Å²) in [6, 6.07) is 5.22. The molecule has 0 saturated heterocycles. The van der Waals surface area contributed by atoms with Crippen LogP contribution < -0.4 is 15.4 Å². The minimum atomic E-state index is -4.49. The number of aromatic nitrogens is 2. The average Bonchev–Trinajstić information content (AvgIpc) is 2.58. The largest absolute Gasteiger partial charge is 0.462 e. The molecule has 26 heavy (non-hydrogen) atoms. The average molecular weight is 382 g/mol. The van der Waals surface area contributed by atoms with Crippen LogP contribution in [0.4, 0.5) is 0 Å². The van der Waals surface area contributed by atoms with E-state index in [0.29, 0.717) is 4.57 Å². The van der Waals surface area contributed by atoms with Gasteiger partial charge in [-0.1, -0.05) is 0 Å². The predicted molar refractivity (Wildman–Crippen MR) is 91.9 cm³/mol. The smallest absolute Gasteiger partial charge is 0.346 e. The molecule has 9 nitrogen and oxygen atoms in total. The molecule has 0 radical (unpaired) electrons. The van der Waals surface area contributed by atoms with Crippen LogP contribution in [0, 0.1) is 6.92 Å². The fourth-order valence-electron chi connectivity index (χ4n) is 2.23. The third-order valence-corrected chi connectivity index (χ3v) is 5.11. The summed E-state index contributed by atoms with van der Waals surface area (Å²) in [7, 11) is -1.96. The normalized spacial score (nSPS) is 11.2. The van der Waals surface area contributed by atoms with Crippen molar-refractivity contribution in [3.63, 3.8) is 0 Å². The van der Waals surface area contributed by atoms with Gasteiger partial charge >= 0.3 is 21.8 Å². The maximum absolute atomic E-state index is 12.5. The van der Waals surface area contributed by atoms with E-state index in [9.17, 15) is 22.8 Å². The number of benzene rings is 1. The second-order valence-electron chi connectivity index (χ2n) is 5.40. The number of carbonyl (C=O) groups is 1. The van der Waals surface area contributed by atoms with Crippen molar-refractivity contribution in [3.05, 3.63) is 56.4 Å². The minimum Gasteiger partial charge on any atom is -0.462 e. The lowest BCUT2D eigenvalue weighted by Gasteiger charge is -2.13. The van der Waals surface area contributed by atoms with Crippen molar-refractivity contribution in [1.29, 1.82) is 0 Å². The Bertz CT molecular complexity index is 1060. The van der Waals surface area contributed by atoms with Crippen LogP contribution in [0.5, 0.6) is 5.75 Å². The number of rotatable bonds is 5. The van der Waals surface area contributed by atoms with E-state index < -0.39 is 32.2 Å². The summed E-state index contributed by atoms with van der Waals surface area (Å²) in [5.74, 6) is -0.641. The molecule has 0 unspecified atom stereocenters. The van der Waals surface area contributed by atoms with E-state index in [-0.39, 0.29) is 23.6 Å². The van der Waals surface area contributed by atoms with Crippen molar-refractivity contribution in [1.82, 2.24) is 9.13 Å². The lowest BCUT2D eigenvalue weighted by molar-refractivity contribution is 0.0526. The molecule has 0 amide bonds. The molecule has 0 aliphatic carbocycles. The Morgan fingerprint density at radius 3 is 2.19 bits per heavy atom. The van der Waals surface area contributed by atoms with E-state index in [0.717, 1.165) is 4.57 Å². The van der Waals surface area contributed by atoms with Crippen LogP contribution in [-0.4, -0.2) is 30.1 Å². The third kappa shape index (κ3) is 3.54. The fraction of sp³-hybridized carbons (Fsp3) is 0.312. The highest BCUT2D eigenvalue weighted by molar-refractivity contribution is 7.87. The van der Waals surface area contributed by atoms with Crippen LogP contribution >= 0.6 is 0 Å². The third-order valence-electron chi connectivity index (χ3n) is 3.73. The fourth-order valence-corrected chi connectivity index (χ4v) is 3.53. The first-order valence-electron chi connectivity index (χ1n) is 7.58. The first-order chi connectivity index (χ1) is 12.1. The van der Waals surface area contributed by atoms with Gasteiger partial charge in [-0.15, -0.1) is 0 Å². The van der Waals surface area contributed by atoms with Crippen LogP contribution in [-0.2, 0) is 29.0 Å². The Morgan fingerprint density at radius 1 is 1.08 bits per heavy atom. The van der Waals surface area contributed by atoms with Gasteiger partial charge in [0.05, 0.1) is 12.2 Å². The van der Waals surface area contributed by atoms with Gasteiger partial charge in [-0.3, -0.25) is 13.9 Å². The van der Waals surface area contributed by atoms with Crippen molar-refractivity contribution in [2.45, 2.75) is 18.7 Å². The van der Waals surface area contributed by atoms with Crippen molar-refractivity contribution in [2.24, 2.45) is 14.1 Å². The SMILES string of the molecule is CCOC(=O)c1ccc(OS(=O)(=O)c2c(C)n(C)c(=O)n(C)c2=O)cc1. The number of hydrogen-bond donors (Lipinski definition) is 0. The van der Waals surface area contributed by atoms with Crippen LogP contribution in [0.2, 0.25) is 0 Å². The van der Waals surface area contributed by atoms with Crippen LogP contribution in [0.1, 0.15) is 23.0 Å². The topological polar surface area (TPSA) is 114 Å². The molecule has 2 aromatic rings. The standard InChI is InChI=1S/C16H18N2O7S/c1-5-24-15(20)11-6-8-12(9-7-11)25-26(22,23)13-10(2)17(3)16(21)18(4)14(13)19/h6-9H,5H2,1-4H3. The first-order valence-corrected chi connectivity index (χ1v) is 8.99. The summed E-state index contributed by atoms with van der Waals surface area (Å²) in [6.07, 6.45) is 0. The van der Waals surface area contributed by atoms with E-state index in [1.165, 1.54) is 45.3 Å². The highest BCUT2D eigenvalue weighted by Gasteiger charge is 2.27. The number of esters is 1. The van der Waals surface area contributed by atoms with E-state index in [1.807, 2.05) is 0 Å². The molecule has 10 heteroatoms. The Balaban J connectivity index is 2.43. The lowest BCUT2D eigenvalue weighted by Crippen LogP contribution is -2.41. The molecule has 1 heterocycles. The highest BCUT2D eigenvalue weighted by atomic mass is 32.2. The van der Waals surface area contributed by atoms with Crippen molar-refractivity contribution >= 4 is 16.1 Å². The quantitative estimate of drug-likeness (QED) is 0.541. The molecular formula is C16H18N2O7S. The summed E-state index contributed by atoms with van der Waals surface area (Å²) in [5, 5.41) is 0. The van der Waals surface area contributed by atoms with E-state index in [1.54, 1.807) is 6.92 Å². The van der Waals surface area contributed by atoms with Gasteiger partial charge in [0.15, 0.2) is 4.90 Å². The zero-order valence-corrected chi connectivity index (χ0v) is 15.5. The van der Waals surface area contributed by atoms with E-state index in [2.05, 4.69) is 0 Å². The van der Waals surface area contributed by atoms with Gasteiger partial charge in [-0.2, -0.15) is 8.42 Å². The van der Waals surface area contributed by atoms with Crippen molar-refractivity contribution in [3.8, 4) is 5.75 Å². The summed E-state index contributed by atoms with van der Waals surface area (Å²) in [5.41, 5.74) is -1.44. The Hall–Kier alpha value is -2.88. The second-order valence-corrected chi connectivity index (χ2v) is 6.89. The van der Waals surface area contributed by atoms with Crippen LogP contribution in [0.15, 0.2) is 38.8 Å². The van der Waals surface area contributed by atoms with Gasteiger partial charge in [0, 0.05) is 19.8 Å².